The molecule has 0 saturated carbocycles. The second kappa shape index (κ2) is 12.1. The molecule has 6 rings (SSSR count). The van der Waals surface area contributed by atoms with Gasteiger partial charge in [0.2, 0.25) is 5.95 Å². The van der Waals surface area contributed by atoms with Gasteiger partial charge >= 0.3 is 0 Å². The van der Waals surface area contributed by atoms with E-state index >= 15 is 4.39 Å². The number of carbonyl (C=O) groups excluding carboxylic acids is 1. The minimum absolute atomic E-state index is 0.0752. The molecule has 5 heterocycles. The summed E-state index contributed by atoms with van der Waals surface area (Å²) in [6.45, 7) is 6.42. The molecule has 10 heteroatoms. The molecule has 9 nitrogen and oxygen atoms in total. The highest BCUT2D eigenvalue weighted by Gasteiger charge is 2.23. The predicted octanol–water partition coefficient (Wildman–Crippen LogP) is 2.86. The van der Waals surface area contributed by atoms with Crippen LogP contribution in [0.2, 0.25) is 0 Å². The van der Waals surface area contributed by atoms with E-state index in [4.69, 9.17) is 20.6 Å². The van der Waals surface area contributed by atoms with Crippen LogP contribution >= 0.6 is 0 Å². The molecule has 1 amide bonds. The number of rotatable bonds is 5. The van der Waals surface area contributed by atoms with Crippen molar-refractivity contribution in [1.82, 2.24) is 20.2 Å². The Kier molecular flexibility index (Phi) is 8.35. The molecule has 0 unspecified atom stereocenters. The number of fused-ring (bicyclic) bond motifs is 1. The molecule has 0 atom stereocenters. The van der Waals surface area contributed by atoms with Gasteiger partial charge in [-0.05, 0) is 67.7 Å². The minimum atomic E-state index is -0.641. The highest BCUT2D eigenvalue weighted by molar-refractivity contribution is 5.97. The van der Waals surface area contributed by atoms with Crippen LogP contribution < -0.4 is 16.0 Å². The summed E-state index contributed by atoms with van der Waals surface area (Å²) >= 11 is 0. The van der Waals surface area contributed by atoms with Gasteiger partial charge in [-0.1, -0.05) is 12.1 Å². The Labute approximate surface area is 227 Å². The van der Waals surface area contributed by atoms with Gasteiger partial charge in [0, 0.05) is 44.4 Å². The zero-order chi connectivity index (χ0) is 27.4. The number of hydrogen-bond donors (Lipinski definition) is 3. The quantitative estimate of drug-likeness (QED) is 0.428. The van der Waals surface area contributed by atoms with Crippen LogP contribution in [0.5, 0.6) is 0 Å². The van der Waals surface area contributed by atoms with Crippen LogP contribution in [0.25, 0.3) is 22.4 Å². The zero-order valence-electron chi connectivity index (χ0n) is 22.3. The van der Waals surface area contributed by atoms with Crippen LogP contribution in [-0.4, -0.2) is 78.9 Å². The number of anilines is 2. The van der Waals surface area contributed by atoms with Gasteiger partial charge in [0.15, 0.2) is 0 Å². The number of nitrogens with two attached hydrogens (primary N) is 1. The molecule has 2 saturated heterocycles. The number of benzene rings is 1. The highest BCUT2D eigenvalue weighted by atomic mass is 19.1. The Morgan fingerprint density at radius 1 is 1.00 bits per heavy atom. The molecule has 0 radical (unpaired) electrons. The molecule has 3 aliphatic rings. The summed E-state index contributed by atoms with van der Waals surface area (Å²) < 4.78 is 20.8. The van der Waals surface area contributed by atoms with E-state index in [1.165, 1.54) is 12.8 Å². The van der Waals surface area contributed by atoms with Gasteiger partial charge in [0.1, 0.15) is 5.82 Å². The highest BCUT2D eigenvalue weighted by Crippen LogP contribution is 2.34. The molecule has 3 aromatic rings. The number of nitrogens with one attached hydrogen (secondary N) is 1. The van der Waals surface area contributed by atoms with Crippen molar-refractivity contribution in [3.63, 3.8) is 0 Å². The van der Waals surface area contributed by atoms with Crippen molar-refractivity contribution in [2.75, 3.05) is 63.7 Å². The average Bonchev–Trinajstić information content (AvgIpc) is 3.48. The van der Waals surface area contributed by atoms with Crippen LogP contribution in [0.1, 0.15) is 34.5 Å². The first-order valence-corrected chi connectivity index (χ1v) is 13.4. The summed E-state index contributed by atoms with van der Waals surface area (Å²) in [5.41, 5.74) is 12.1. The monoisotopic (exact) mass is 534 g/mol. The van der Waals surface area contributed by atoms with Crippen molar-refractivity contribution >= 4 is 17.4 Å². The number of carbonyl (C=O) groups is 1. The van der Waals surface area contributed by atoms with Gasteiger partial charge in [-0.3, -0.25) is 9.69 Å². The number of aliphatic hydroxyl groups is 1. The molecule has 0 spiro atoms. The molecule has 2 aromatic heterocycles. The van der Waals surface area contributed by atoms with Crippen molar-refractivity contribution < 1.29 is 19.0 Å². The molecular formula is C29H35FN6O3. The summed E-state index contributed by atoms with van der Waals surface area (Å²) in [5.74, 6) is -0.602. The number of halogens is 1. The lowest BCUT2D eigenvalue weighted by atomic mass is 9.94. The number of morpholine rings is 1. The Bertz CT molecular complexity index is 1340. The van der Waals surface area contributed by atoms with Crippen molar-refractivity contribution in [3.05, 3.63) is 59.2 Å². The average molecular weight is 535 g/mol. The van der Waals surface area contributed by atoms with Crippen molar-refractivity contribution in [2.45, 2.75) is 25.8 Å². The molecular weight excluding hydrogens is 499 g/mol. The Balaban J connectivity index is 0.00000151. The molecule has 0 aliphatic carbocycles. The lowest BCUT2D eigenvalue weighted by molar-refractivity contribution is 0.0946. The summed E-state index contributed by atoms with van der Waals surface area (Å²) in [7, 11) is 1.00. The smallest absolute Gasteiger partial charge is 0.251 e. The van der Waals surface area contributed by atoms with E-state index in [1.54, 1.807) is 12.1 Å². The van der Waals surface area contributed by atoms with Crippen LogP contribution in [0.4, 0.5) is 15.9 Å². The third-order valence-electron chi connectivity index (χ3n) is 7.50. The molecule has 0 bridgehead atoms. The van der Waals surface area contributed by atoms with E-state index < -0.39 is 5.95 Å². The first-order chi connectivity index (χ1) is 19.1. The minimum Gasteiger partial charge on any atom is -0.400 e. The number of hydrogen-bond acceptors (Lipinski definition) is 8. The van der Waals surface area contributed by atoms with E-state index in [-0.39, 0.29) is 11.7 Å². The number of pyridine rings is 2. The summed E-state index contributed by atoms with van der Waals surface area (Å²) in [6.07, 6.45) is 3.12. The molecule has 206 valence electrons. The standard InChI is InChI=1S/C28H31FN6O2.CH4O/c29-26-22(16-21(27(30)33-26)18-3-4-20-19(15-18)7-8-31-28(20)36)23-5-6-25(35-11-13-37-14-12-35)24(32-23)17-34-9-1-2-10-34;1-2/h3-6,15-16H,1-2,7-14,17H2,(H2,30,33)(H,31,36);2H,1H3. The van der Waals surface area contributed by atoms with Gasteiger partial charge in [0.05, 0.1) is 35.9 Å². The fourth-order valence-corrected chi connectivity index (χ4v) is 5.52. The van der Waals surface area contributed by atoms with E-state index in [9.17, 15) is 4.79 Å². The van der Waals surface area contributed by atoms with Crippen molar-refractivity contribution in [3.8, 4) is 22.4 Å². The maximum Gasteiger partial charge on any atom is 0.251 e. The van der Waals surface area contributed by atoms with E-state index in [2.05, 4.69) is 20.1 Å². The summed E-state index contributed by atoms with van der Waals surface area (Å²) in [5, 5.41) is 9.86. The topological polar surface area (TPSA) is 117 Å². The second-order valence-electron chi connectivity index (χ2n) is 9.88. The van der Waals surface area contributed by atoms with Gasteiger partial charge in [-0.15, -0.1) is 0 Å². The normalized spacial score (nSPS) is 17.3. The summed E-state index contributed by atoms with van der Waals surface area (Å²) in [6, 6.07) is 11.2. The van der Waals surface area contributed by atoms with Crippen LogP contribution in [0, 0.1) is 5.95 Å². The predicted molar refractivity (Wildman–Crippen MR) is 149 cm³/mol. The number of aliphatic hydroxyl groups excluding tert-OH is 1. The van der Waals surface area contributed by atoms with Gasteiger partial charge < -0.3 is 25.8 Å². The maximum absolute atomic E-state index is 15.2. The zero-order valence-corrected chi connectivity index (χ0v) is 22.3. The number of ether oxygens (including phenoxy) is 1. The SMILES string of the molecule is CO.Nc1nc(F)c(-c2ccc(N3CCOCC3)c(CN3CCCC3)n2)cc1-c1ccc2c(c1)CCNC2=O. The van der Waals surface area contributed by atoms with Gasteiger partial charge in [-0.2, -0.15) is 4.39 Å². The fraction of sp³-hybridized carbons (Fsp3) is 0.414. The molecule has 2 fully saturated rings. The summed E-state index contributed by atoms with van der Waals surface area (Å²) in [4.78, 5) is 25.9. The third kappa shape index (κ3) is 5.73. The first-order valence-electron chi connectivity index (χ1n) is 13.4. The van der Waals surface area contributed by atoms with Crippen molar-refractivity contribution in [1.29, 1.82) is 0 Å². The van der Waals surface area contributed by atoms with E-state index in [1.807, 2.05) is 24.3 Å². The number of nitrogens with zero attached hydrogens (tertiary/aromatic N) is 4. The van der Waals surface area contributed by atoms with Crippen LogP contribution in [0.3, 0.4) is 0 Å². The first kappa shape index (κ1) is 27.0. The molecule has 39 heavy (non-hydrogen) atoms. The fourth-order valence-electron chi connectivity index (χ4n) is 5.52. The van der Waals surface area contributed by atoms with Gasteiger partial charge in [0.25, 0.3) is 5.91 Å². The van der Waals surface area contributed by atoms with Crippen LogP contribution in [0.15, 0.2) is 36.4 Å². The lowest BCUT2D eigenvalue weighted by Gasteiger charge is -2.31. The second-order valence-corrected chi connectivity index (χ2v) is 9.88. The molecule has 3 aliphatic heterocycles. The van der Waals surface area contributed by atoms with Crippen molar-refractivity contribution in [2.24, 2.45) is 0 Å². The molecule has 1 aromatic carbocycles. The number of likely N-dealkylation sites (tertiary alicyclic amines) is 1. The molecule has 4 N–H and O–H groups in total. The van der Waals surface area contributed by atoms with E-state index in [0.29, 0.717) is 42.1 Å². The third-order valence-corrected chi connectivity index (χ3v) is 7.50. The lowest BCUT2D eigenvalue weighted by Crippen LogP contribution is -2.37. The number of nitrogen functional groups attached to an aromatic ring is 1. The largest absolute Gasteiger partial charge is 0.400 e. The number of amides is 1. The number of aromatic nitrogens is 2. The maximum atomic E-state index is 15.2. The van der Waals surface area contributed by atoms with Crippen LogP contribution in [-0.2, 0) is 17.7 Å². The van der Waals surface area contributed by atoms with E-state index in [0.717, 1.165) is 68.8 Å². The van der Waals surface area contributed by atoms with Gasteiger partial charge in [-0.25, -0.2) is 9.97 Å². The Morgan fingerprint density at radius 2 is 1.77 bits per heavy atom. The Morgan fingerprint density at radius 3 is 2.54 bits per heavy atom. The Hall–Kier alpha value is -3.60.